The number of hydrazine groups is 1. The van der Waals surface area contributed by atoms with Crippen LogP contribution in [0.5, 0.6) is 0 Å². The number of nitrogens with one attached hydrogen (secondary N) is 1. The molecule has 2 heterocycles. The minimum absolute atomic E-state index is 0.747. The van der Waals surface area contributed by atoms with E-state index in [1.165, 1.54) is 44.3 Å². The minimum Gasteiger partial charge on any atom is -0.368 e. The smallest absolute Gasteiger partial charge is 0.141 e. The molecule has 3 rings (SSSR count). The van der Waals surface area contributed by atoms with Gasteiger partial charge in [-0.15, -0.1) is 0 Å². The molecule has 0 aromatic carbocycles. The van der Waals surface area contributed by atoms with Crippen molar-refractivity contribution in [1.82, 2.24) is 4.98 Å². The van der Waals surface area contributed by atoms with Crippen molar-refractivity contribution in [3.63, 3.8) is 0 Å². The normalized spacial score (nSPS) is 27.9. The number of pyridine rings is 1. The average Bonchev–Trinajstić information content (AvgIpc) is 2.87. The second-order valence-corrected chi connectivity index (χ2v) is 5.14. The first-order chi connectivity index (χ1) is 8.38. The van der Waals surface area contributed by atoms with Crippen LogP contribution in [0.25, 0.3) is 0 Å². The highest BCUT2D eigenvalue weighted by Gasteiger charge is 2.34. The Balaban J connectivity index is 1.86. The van der Waals surface area contributed by atoms with Gasteiger partial charge in [0.25, 0.3) is 0 Å². The SMILES string of the molecule is NNc1cc(N2CCCC3CCCC32)ccn1. The fourth-order valence-corrected chi connectivity index (χ4v) is 3.45. The van der Waals surface area contributed by atoms with Crippen LogP contribution in [0.2, 0.25) is 0 Å². The molecule has 2 atom stereocenters. The van der Waals surface area contributed by atoms with Gasteiger partial charge in [-0.1, -0.05) is 6.42 Å². The lowest BCUT2D eigenvalue weighted by Crippen LogP contribution is -2.42. The minimum atomic E-state index is 0.747. The number of anilines is 2. The second kappa shape index (κ2) is 4.53. The summed E-state index contributed by atoms with van der Waals surface area (Å²) in [4.78, 5) is 6.73. The molecule has 3 N–H and O–H groups in total. The molecule has 0 amide bonds. The predicted molar refractivity (Wildman–Crippen MR) is 69.8 cm³/mol. The van der Waals surface area contributed by atoms with Crippen molar-refractivity contribution in [2.75, 3.05) is 16.9 Å². The molecule has 0 spiro atoms. The average molecular weight is 232 g/mol. The zero-order valence-corrected chi connectivity index (χ0v) is 10.1. The molecule has 2 unspecified atom stereocenters. The molecule has 1 saturated carbocycles. The molecule has 1 aliphatic carbocycles. The Morgan fingerprint density at radius 2 is 2.18 bits per heavy atom. The molecule has 1 aromatic heterocycles. The maximum Gasteiger partial charge on any atom is 0.141 e. The number of hydrogen-bond acceptors (Lipinski definition) is 4. The van der Waals surface area contributed by atoms with Gasteiger partial charge in [-0.25, -0.2) is 10.8 Å². The van der Waals surface area contributed by atoms with E-state index in [4.69, 9.17) is 5.84 Å². The highest BCUT2D eigenvalue weighted by Crippen LogP contribution is 2.39. The first kappa shape index (κ1) is 10.8. The molecule has 0 radical (unpaired) electrons. The van der Waals surface area contributed by atoms with Crippen molar-refractivity contribution < 1.29 is 0 Å². The van der Waals surface area contributed by atoms with Crippen molar-refractivity contribution in [1.29, 1.82) is 0 Å². The Kier molecular flexibility index (Phi) is 2.89. The van der Waals surface area contributed by atoms with Gasteiger partial charge in [-0.3, -0.25) is 0 Å². The summed E-state index contributed by atoms with van der Waals surface area (Å²) in [7, 11) is 0. The summed E-state index contributed by atoms with van der Waals surface area (Å²) in [6.45, 7) is 1.18. The number of nitrogens with two attached hydrogens (primary N) is 1. The number of hydrogen-bond donors (Lipinski definition) is 2. The van der Waals surface area contributed by atoms with E-state index in [1.54, 1.807) is 0 Å². The molecule has 1 aromatic rings. The molecular formula is C13H20N4. The van der Waals surface area contributed by atoms with E-state index in [2.05, 4.69) is 27.4 Å². The van der Waals surface area contributed by atoms with Gasteiger partial charge in [0.1, 0.15) is 5.82 Å². The van der Waals surface area contributed by atoms with Crippen molar-refractivity contribution in [3.8, 4) is 0 Å². The van der Waals surface area contributed by atoms with Gasteiger partial charge in [0, 0.05) is 30.5 Å². The standard InChI is InChI=1S/C13H20N4/c14-16-13-9-11(6-7-15-13)17-8-2-4-10-3-1-5-12(10)17/h6-7,9-10,12H,1-5,8,14H2,(H,15,16). The number of rotatable bonds is 2. The number of aromatic nitrogens is 1. The van der Waals surface area contributed by atoms with E-state index < -0.39 is 0 Å². The Labute approximate surface area is 102 Å². The summed E-state index contributed by atoms with van der Waals surface area (Å²) in [5.74, 6) is 7.08. The third-order valence-corrected chi connectivity index (χ3v) is 4.22. The number of piperidine rings is 1. The van der Waals surface area contributed by atoms with Crippen LogP contribution >= 0.6 is 0 Å². The highest BCUT2D eigenvalue weighted by atomic mass is 15.3. The van der Waals surface area contributed by atoms with Crippen LogP contribution in [0.1, 0.15) is 32.1 Å². The van der Waals surface area contributed by atoms with Crippen LogP contribution in [-0.2, 0) is 0 Å². The van der Waals surface area contributed by atoms with Crippen LogP contribution in [0.4, 0.5) is 11.5 Å². The van der Waals surface area contributed by atoms with Crippen molar-refractivity contribution in [2.45, 2.75) is 38.1 Å². The van der Waals surface area contributed by atoms with Crippen molar-refractivity contribution >= 4 is 11.5 Å². The van der Waals surface area contributed by atoms with E-state index in [-0.39, 0.29) is 0 Å². The van der Waals surface area contributed by atoms with E-state index in [0.717, 1.165) is 17.8 Å². The lowest BCUT2D eigenvalue weighted by molar-refractivity contribution is 0.362. The van der Waals surface area contributed by atoms with E-state index >= 15 is 0 Å². The molecule has 4 heteroatoms. The van der Waals surface area contributed by atoms with Crippen LogP contribution in [0.3, 0.4) is 0 Å². The van der Waals surface area contributed by atoms with Crippen LogP contribution in [0, 0.1) is 5.92 Å². The lowest BCUT2D eigenvalue weighted by atomic mass is 9.91. The second-order valence-electron chi connectivity index (χ2n) is 5.14. The highest BCUT2D eigenvalue weighted by molar-refractivity contribution is 5.54. The third-order valence-electron chi connectivity index (χ3n) is 4.22. The molecule has 4 nitrogen and oxygen atoms in total. The number of nitrogens with zero attached hydrogens (tertiary/aromatic N) is 2. The molecular weight excluding hydrogens is 212 g/mol. The van der Waals surface area contributed by atoms with E-state index in [9.17, 15) is 0 Å². The van der Waals surface area contributed by atoms with E-state index in [1.807, 2.05) is 6.20 Å². The van der Waals surface area contributed by atoms with Gasteiger partial charge < -0.3 is 10.3 Å². The third kappa shape index (κ3) is 1.97. The van der Waals surface area contributed by atoms with Crippen LogP contribution in [-0.4, -0.2) is 17.6 Å². The van der Waals surface area contributed by atoms with Gasteiger partial charge in [-0.05, 0) is 37.7 Å². The van der Waals surface area contributed by atoms with E-state index in [0.29, 0.717) is 0 Å². The first-order valence-corrected chi connectivity index (χ1v) is 6.58. The summed E-state index contributed by atoms with van der Waals surface area (Å²) in [5.41, 5.74) is 3.90. The summed E-state index contributed by atoms with van der Waals surface area (Å²) < 4.78 is 0. The number of nitrogen functional groups attached to an aromatic ring is 1. The Bertz CT molecular complexity index is 393. The van der Waals surface area contributed by atoms with Gasteiger partial charge in [0.05, 0.1) is 0 Å². The fourth-order valence-electron chi connectivity index (χ4n) is 3.45. The lowest BCUT2D eigenvalue weighted by Gasteiger charge is -2.39. The maximum absolute atomic E-state index is 5.42. The molecule has 0 bridgehead atoms. The van der Waals surface area contributed by atoms with Crippen molar-refractivity contribution in [2.24, 2.45) is 11.8 Å². The van der Waals surface area contributed by atoms with Gasteiger partial charge >= 0.3 is 0 Å². The zero-order chi connectivity index (χ0) is 11.7. The van der Waals surface area contributed by atoms with Gasteiger partial charge in [-0.2, -0.15) is 0 Å². The monoisotopic (exact) mass is 232 g/mol. The van der Waals surface area contributed by atoms with Gasteiger partial charge in [0.15, 0.2) is 0 Å². The molecule has 2 aliphatic rings. The maximum atomic E-state index is 5.42. The van der Waals surface area contributed by atoms with Crippen LogP contribution in [0.15, 0.2) is 18.3 Å². The molecule has 17 heavy (non-hydrogen) atoms. The molecule has 1 aliphatic heterocycles. The Hall–Kier alpha value is -1.29. The van der Waals surface area contributed by atoms with Gasteiger partial charge in [0.2, 0.25) is 0 Å². The summed E-state index contributed by atoms with van der Waals surface area (Å²) in [5, 5.41) is 0. The molecule has 1 saturated heterocycles. The Morgan fingerprint density at radius 3 is 3.06 bits per heavy atom. The topological polar surface area (TPSA) is 54.2 Å². The summed E-state index contributed by atoms with van der Waals surface area (Å²) in [6, 6.07) is 4.90. The number of fused-ring (bicyclic) bond motifs is 1. The van der Waals surface area contributed by atoms with Crippen molar-refractivity contribution in [3.05, 3.63) is 18.3 Å². The largest absolute Gasteiger partial charge is 0.368 e. The molecule has 92 valence electrons. The summed E-state index contributed by atoms with van der Waals surface area (Å²) in [6.07, 6.45) is 8.71. The zero-order valence-electron chi connectivity index (χ0n) is 10.1. The summed E-state index contributed by atoms with van der Waals surface area (Å²) >= 11 is 0. The fraction of sp³-hybridized carbons (Fsp3) is 0.615. The Morgan fingerprint density at radius 1 is 1.29 bits per heavy atom. The quantitative estimate of drug-likeness (QED) is 0.606. The van der Waals surface area contributed by atoms with Crippen LogP contribution < -0.4 is 16.2 Å². The molecule has 2 fully saturated rings. The predicted octanol–water partition coefficient (Wildman–Crippen LogP) is 2.14. The first-order valence-electron chi connectivity index (χ1n) is 6.58.